The largest absolute Gasteiger partial charge is 0.494 e. The summed E-state index contributed by atoms with van der Waals surface area (Å²) in [6, 6.07) is 5.58. The summed E-state index contributed by atoms with van der Waals surface area (Å²) in [5.41, 5.74) is 0.278. The maximum absolute atomic E-state index is 12.8. The summed E-state index contributed by atoms with van der Waals surface area (Å²) in [7, 11) is 1.66. The quantitative estimate of drug-likeness (QED) is 0.323. The number of fused-ring (bicyclic) bond motifs is 1. The van der Waals surface area contributed by atoms with Crippen molar-refractivity contribution in [1.82, 2.24) is 4.57 Å². The van der Waals surface area contributed by atoms with Gasteiger partial charge in [-0.2, -0.15) is 0 Å². The monoisotopic (exact) mass is 417 g/mol. The lowest BCUT2D eigenvalue weighted by Gasteiger charge is -2.16. The molecule has 30 heavy (non-hydrogen) atoms. The van der Waals surface area contributed by atoms with Gasteiger partial charge in [-0.05, 0) is 25.0 Å². The Bertz CT molecular complexity index is 887. The Morgan fingerprint density at radius 3 is 2.27 bits per heavy atom. The van der Waals surface area contributed by atoms with E-state index in [9.17, 15) is 9.59 Å². The molecule has 0 radical (unpaired) electrons. The highest BCUT2D eigenvalue weighted by molar-refractivity contribution is 5.89. The van der Waals surface area contributed by atoms with Gasteiger partial charge in [0.2, 0.25) is 5.75 Å². The minimum atomic E-state index is -0.550. The Labute approximate surface area is 179 Å². The van der Waals surface area contributed by atoms with Crippen LogP contribution in [0, 0.1) is 0 Å². The molecule has 6 nitrogen and oxygen atoms in total. The van der Waals surface area contributed by atoms with Gasteiger partial charge in [-0.1, -0.05) is 52.4 Å². The SMILES string of the molecule is CCCCCCCCOc1ccc2c(OCCCC)c(OC(C)=O)c(=O)n(C)c2c1. The molecule has 0 bridgehead atoms. The number of aryl methyl sites for hydroxylation is 1. The summed E-state index contributed by atoms with van der Waals surface area (Å²) in [5, 5.41) is 0.719. The number of aromatic nitrogens is 1. The van der Waals surface area contributed by atoms with E-state index in [1.54, 1.807) is 7.05 Å². The highest BCUT2D eigenvalue weighted by Crippen LogP contribution is 2.34. The number of ether oxygens (including phenoxy) is 3. The smallest absolute Gasteiger partial charge is 0.308 e. The van der Waals surface area contributed by atoms with Crippen molar-refractivity contribution in [2.75, 3.05) is 13.2 Å². The molecular weight excluding hydrogens is 382 g/mol. The molecule has 1 aromatic heterocycles. The number of carbonyl (C=O) groups excluding carboxylic acids is 1. The first-order valence-electron chi connectivity index (χ1n) is 11.1. The second-order valence-corrected chi connectivity index (χ2v) is 7.61. The van der Waals surface area contributed by atoms with Gasteiger partial charge in [0.15, 0.2) is 5.75 Å². The molecule has 0 saturated carbocycles. The lowest BCUT2D eigenvalue weighted by molar-refractivity contribution is -0.132. The van der Waals surface area contributed by atoms with Gasteiger partial charge in [0.05, 0.1) is 18.7 Å². The average molecular weight is 418 g/mol. The van der Waals surface area contributed by atoms with Crippen molar-refractivity contribution in [2.45, 2.75) is 72.1 Å². The molecule has 1 heterocycles. The summed E-state index contributed by atoms with van der Waals surface area (Å²) in [4.78, 5) is 24.4. The van der Waals surface area contributed by atoms with Crippen LogP contribution in [-0.2, 0) is 11.8 Å². The number of esters is 1. The first kappa shape index (κ1) is 23.8. The van der Waals surface area contributed by atoms with Gasteiger partial charge < -0.3 is 18.8 Å². The number of hydrogen-bond donors (Lipinski definition) is 0. The predicted molar refractivity (Wildman–Crippen MR) is 120 cm³/mol. The zero-order chi connectivity index (χ0) is 21.9. The molecule has 0 spiro atoms. The molecule has 0 N–H and O–H groups in total. The topological polar surface area (TPSA) is 66.8 Å². The number of carbonyl (C=O) groups is 1. The lowest BCUT2D eigenvalue weighted by atomic mass is 10.1. The number of hydrogen-bond acceptors (Lipinski definition) is 5. The van der Waals surface area contributed by atoms with Crippen LogP contribution in [0.15, 0.2) is 23.0 Å². The van der Waals surface area contributed by atoms with E-state index in [4.69, 9.17) is 14.2 Å². The maximum Gasteiger partial charge on any atom is 0.308 e. The molecule has 0 unspecified atom stereocenters. The van der Waals surface area contributed by atoms with Crippen molar-refractivity contribution >= 4 is 16.9 Å². The fourth-order valence-electron chi connectivity index (χ4n) is 3.32. The Morgan fingerprint density at radius 1 is 0.900 bits per heavy atom. The fourth-order valence-corrected chi connectivity index (χ4v) is 3.32. The van der Waals surface area contributed by atoms with E-state index in [-0.39, 0.29) is 5.75 Å². The molecule has 0 aliphatic carbocycles. The number of benzene rings is 1. The Balaban J connectivity index is 2.23. The third-order valence-corrected chi connectivity index (χ3v) is 5.04. The van der Waals surface area contributed by atoms with E-state index in [0.29, 0.717) is 30.2 Å². The van der Waals surface area contributed by atoms with E-state index < -0.39 is 11.5 Å². The average Bonchev–Trinajstić information content (AvgIpc) is 2.73. The summed E-state index contributed by atoms with van der Waals surface area (Å²) >= 11 is 0. The van der Waals surface area contributed by atoms with E-state index in [1.165, 1.54) is 37.2 Å². The molecule has 1 aromatic carbocycles. The molecule has 0 aliphatic rings. The summed E-state index contributed by atoms with van der Waals surface area (Å²) in [6.07, 6.45) is 9.02. The van der Waals surface area contributed by atoms with Crippen LogP contribution in [0.4, 0.5) is 0 Å². The van der Waals surface area contributed by atoms with Crippen LogP contribution >= 0.6 is 0 Å². The molecule has 0 atom stereocenters. The van der Waals surface area contributed by atoms with Crippen LogP contribution in [-0.4, -0.2) is 23.8 Å². The van der Waals surface area contributed by atoms with Crippen LogP contribution in [0.1, 0.15) is 72.1 Å². The van der Waals surface area contributed by atoms with Crippen molar-refractivity contribution in [1.29, 1.82) is 0 Å². The van der Waals surface area contributed by atoms with Gasteiger partial charge in [0, 0.05) is 25.4 Å². The summed E-state index contributed by atoms with van der Waals surface area (Å²) in [6.45, 7) is 6.65. The van der Waals surface area contributed by atoms with E-state index in [0.717, 1.165) is 31.1 Å². The molecule has 0 amide bonds. The van der Waals surface area contributed by atoms with Gasteiger partial charge in [-0.15, -0.1) is 0 Å². The van der Waals surface area contributed by atoms with Crippen molar-refractivity contribution in [3.63, 3.8) is 0 Å². The second kappa shape index (κ2) is 12.3. The minimum Gasteiger partial charge on any atom is -0.494 e. The van der Waals surface area contributed by atoms with Gasteiger partial charge in [0.25, 0.3) is 5.56 Å². The fraction of sp³-hybridized carbons (Fsp3) is 0.583. The van der Waals surface area contributed by atoms with Crippen molar-refractivity contribution < 1.29 is 19.0 Å². The summed E-state index contributed by atoms with van der Waals surface area (Å²) < 4.78 is 18.5. The van der Waals surface area contributed by atoms with Crippen LogP contribution in [0.5, 0.6) is 17.2 Å². The molecule has 6 heteroatoms. The zero-order valence-corrected chi connectivity index (χ0v) is 18.8. The van der Waals surface area contributed by atoms with Crippen molar-refractivity contribution in [3.05, 3.63) is 28.6 Å². The maximum atomic E-state index is 12.8. The zero-order valence-electron chi connectivity index (χ0n) is 18.8. The van der Waals surface area contributed by atoms with Crippen LogP contribution < -0.4 is 19.8 Å². The Kier molecular flexibility index (Phi) is 9.71. The first-order chi connectivity index (χ1) is 14.5. The summed E-state index contributed by atoms with van der Waals surface area (Å²) in [5.74, 6) is 0.421. The number of pyridine rings is 1. The molecule has 166 valence electrons. The molecule has 2 rings (SSSR count). The molecule has 2 aromatic rings. The Morgan fingerprint density at radius 2 is 1.57 bits per heavy atom. The van der Waals surface area contributed by atoms with E-state index >= 15 is 0 Å². The predicted octanol–water partition coefficient (Wildman–Crippen LogP) is 5.38. The van der Waals surface area contributed by atoms with Gasteiger partial charge >= 0.3 is 5.97 Å². The van der Waals surface area contributed by atoms with Crippen molar-refractivity contribution in [3.8, 4) is 17.2 Å². The normalized spacial score (nSPS) is 10.9. The molecular formula is C24H35NO5. The van der Waals surface area contributed by atoms with Crippen LogP contribution in [0.2, 0.25) is 0 Å². The van der Waals surface area contributed by atoms with Crippen molar-refractivity contribution in [2.24, 2.45) is 7.05 Å². The van der Waals surface area contributed by atoms with Crippen LogP contribution in [0.25, 0.3) is 10.9 Å². The van der Waals surface area contributed by atoms with Gasteiger partial charge in [-0.25, -0.2) is 0 Å². The van der Waals surface area contributed by atoms with E-state index in [1.807, 2.05) is 18.2 Å². The van der Waals surface area contributed by atoms with Gasteiger partial charge in [-0.3, -0.25) is 9.59 Å². The molecule has 0 fully saturated rings. The highest BCUT2D eigenvalue weighted by atomic mass is 16.6. The number of nitrogens with zero attached hydrogens (tertiary/aromatic N) is 1. The van der Waals surface area contributed by atoms with Crippen LogP contribution in [0.3, 0.4) is 0 Å². The highest BCUT2D eigenvalue weighted by Gasteiger charge is 2.20. The Hall–Kier alpha value is -2.50. The number of rotatable bonds is 13. The minimum absolute atomic E-state index is 0.0608. The number of unbranched alkanes of at least 4 members (excludes halogenated alkanes) is 6. The third kappa shape index (κ3) is 6.51. The van der Waals surface area contributed by atoms with Gasteiger partial charge in [0.1, 0.15) is 5.75 Å². The standard InChI is InChI=1S/C24H35NO5/c1-5-7-9-10-11-12-16-28-19-13-14-20-21(17-19)25(4)24(27)23(30-18(3)26)22(20)29-15-8-6-2/h13-14,17H,5-12,15-16H2,1-4H3. The first-order valence-corrected chi connectivity index (χ1v) is 11.1. The molecule has 0 aliphatic heterocycles. The second-order valence-electron chi connectivity index (χ2n) is 7.61. The third-order valence-electron chi connectivity index (χ3n) is 5.04. The lowest BCUT2D eigenvalue weighted by Crippen LogP contribution is -2.22. The van der Waals surface area contributed by atoms with E-state index in [2.05, 4.69) is 13.8 Å². The molecule has 0 saturated heterocycles.